The van der Waals surface area contributed by atoms with Crippen LogP contribution in [-0.4, -0.2) is 24.9 Å². The number of thioether (sulfide) groups is 1. The van der Waals surface area contributed by atoms with Gasteiger partial charge >= 0.3 is 0 Å². The molecule has 0 amide bonds. The lowest BCUT2D eigenvalue weighted by atomic mass is 10.0. The van der Waals surface area contributed by atoms with Crippen LogP contribution in [0.3, 0.4) is 0 Å². The molecule has 0 aliphatic carbocycles. The van der Waals surface area contributed by atoms with Crippen LogP contribution in [0.2, 0.25) is 0 Å². The molecular formula is C12H14N2OS. The minimum Gasteiger partial charge on any atom is -0.463 e. The van der Waals surface area contributed by atoms with Crippen LogP contribution in [0.5, 0.6) is 0 Å². The Morgan fingerprint density at radius 3 is 3.19 bits per heavy atom. The molecule has 1 aromatic carbocycles. The van der Waals surface area contributed by atoms with E-state index in [0.29, 0.717) is 18.7 Å². The Hall–Kier alpha value is -1.16. The van der Waals surface area contributed by atoms with Crippen LogP contribution >= 0.6 is 11.8 Å². The third kappa shape index (κ3) is 1.89. The molecule has 0 aromatic heterocycles. The summed E-state index contributed by atoms with van der Waals surface area (Å²) in [6.07, 6.45) is 1.13. The molecule has 16 heavy (non-hydrogen) atoms. The zero-order valence-electron chi connectivity index (χ0n) is 8.98. The standard InChI is InChI=1S/C12H14N2OS/c1-2-4-11-9(3-1)10(5-8-16-11)14-12-13-6-7-15-12/h1-4,10H,5-8H2,(H,13,14)/t10-/m1/s1. The molecule has 0 unspecified atom stereocenters. The molecule has 3 rings (SSSR count). The van der Waals surface area contributed by atoms with Gasteiger partial charge in [0.25, 0.3) is 6.02 Å². The van der Waals surface area contributed by atoms with E-state index in [9.17, 15) is 0 Å². The SMILES string of the molecule is c1ccc2c(c1)SCC[C@H]2NC1=NCCO1. The summed E-state index contributed by atoms with van der Waals surface area (Å²) in [4.78, 5) is 5.66. The highest BCUT2D eigenvalue weighted by Crippen LogP contribution is 2.35. The fourth-order valence-electron chi connectivity index (χ4n) is 2.06. The third-order valence-corrected chi connectivity index (χ3v) is 3.96. The zero-order valence-corrected chi connectivity index (χ0v) is 9.80. The van der Waals surface area contributed by atoms with Gasteiger partial charge < -0.3 is 10.1 Å². The van der Waals surface area contributed by atoms with E-state index in [1.165, 1.54) is 10.5 Å². The summed E-state index contributed by atoms with van der Waals surface area (Å²) in [6, 6.07) is 9.63. The highest BCUT2D eigenvalue weighted by atomic mass is 32.2. The van der Waals surface area contributed by atoms with Crippen LogP contribution in [-0.2, 0) is 4.74 Å². The van der Waals surface area contributed by atoms with Crippen molar-refractivity contribution >= 4 is 17.8 Å². The van der Waals surface area contributed by atoms with Crippen molar-refractivity contribution in [2.75, 3.05) is 18.9 Å². The molecule has 2 aliphatic heterocycles. The van der Waals surface area contributed by atoms with Gasteiger partial charge in [-0.25, -0.2) is 4.99 Å². The van der Waals surface area contributed by atoms with Crippen molar-refractivity contribution in [1.29, 1.82) is 0 Å². The molecule has 1 atom stereocenters. The number of benzene rings is 1. The number of nitrogens with zero attached hydrogens (tertiary/aromatic N) is 1. The van der Waals surface area contributed by atoms with Gasteiger partial charge in [0.15, 0.2) is 0 Å². The van der Waals surface area contributed by atoms with Crippen molar-refractivity contribution < 1.29 is 4.74 Å². The van der Waals surface area contributed by atoms with Gasteiger partial charge in [0, 0.05) is 10.6 Å². The number of amidine groups is 1. The molecule has 1 N–H and O–H groups in total. The maximum Gasteiger partial charge on any atom is 0.285 e. The van der Waals surface area contributed by atoms with Gasteiger partial charge in [-0.3, -0.25) is 0 Å². The molecule has 0 saturated carbocycles. The van der Waals surface area contributed by atoms with Crippen LogP contribution < -0.4 is 5.32 Å². The van der Waals surface area contributed by atoms with E-state index < -0.39 is 0 Å². The number of hydrogen-bond donors (Lipinski definition) is 1. The van der Waals surface area contributed by atoms with Crippen LogP contribution in [0.25, 0.3) is 0 Å². The van der Waals surface area contributed by atoms with Crippen molar-refractivity contribution in [3.8, 4) is 0 Å². The average Bonchev–Trinajstić information content (AvgIpc) is 2.82. The molecule has 3 nitrogen and oxygen atoms in total. The fraction of sp³-hybridized carbons (Fsp3) is 0.417. The Morgan fingerprint density at radius 2 is 2.31 bits per heavy atom. The fourth-order valence-corrected chi connectivity index (χ4v) is 3.19. The van der Waals surface area contributed by atoms with E-state index in [4.69, 9.17) is 4.74 Å². The molecule has 2 aliphatic rings. The zero-order chi connectivity index (χ0) is 10.8. The van der Waals surface area contributed by atoms with Crippen molar-refractivity contribution in [2.45, 2.75) is 17.4 Å². The van der Waals surface area contributed by atoms with Crippen molar-refractivity contribution in [1.82, 2.24) is 5.32 Å². The lowest BCUT2D eigenvalue weighted by Crippen LogP contribution is -2.30. The Balaban J connectivity index is 1.81. The molecule has 84 valence electrons. The second kappa shape index (κ2) is 4.37. The average molecular weight is 234 g/mol. The maximum atomic E-state index is 5.40. The summed E-state index contributed by atoms with van der Waals surface area (Å²) >= 11 is 1.93. The Labute approximate surface area is 99.3 Å². The van der Waals surface area contributed by atoms with Gasteiger partial charge in [-0.1, -0.05) is 18.2 Å². The van der Waals surface area contributed by atoms with E-state index in [1.807, 2.05) is 11.8 Å². The largest absolute Gasteiger partial charge is 0.463 e. The first kappa shape index (κ1) is 10.0. The van der Waals surface area contributed by atoms with Crippen LogP contribution in [0.1, 0.15) is 18.0 Å². The minimum absolute atomic E-state index is 0.356. The summed E-state index contributed by atoms with van der Waals surface area (Å²) < 4.78 is 5.40. The number of aliphatic imine (C=N–C) groups is 1. The molecule has 0 bridgehead atoms. The van der Waals surface area contributed by atoms with Gasteiger partial charge in [-0.15, -0.1) is 11.8 Å². The molecule has 2 heterocycles. The Bertz CT molecular complexity index is 419. The predicted octanol–water partition coefficient (Wildman–Crippen LogP) is 2.20. The summed E-state index contributed by atoms with van der Waals surface area (Å²) in [5.74, 6) is 1.15. The first-order valence-corrected chi connectivity index (χ1v) is 6.57. The molecule has 0 fully saturated rings. The number of ether oxygens (including phenoxy) is 1. The van der Waals surface area contributed by atoms with Gasteiger partial charge in [-0.2, -0.15) is 0 Å². The van der Waals surface area contributed by atoms with E-state index in [0.717, 1.165) is 18.7 Å². The first-order valence-electron chi connectivity index (χ1n) is 5.59. The monoisotopic (exact) mass is 234 g/mol. The molecule has 0 spiro atoms. The van der Waals surface area contributed by atoms with E-state index in [1.54, 1.807) is 0 Å². The minimum atomic E-state index is 0.356. The summed E-state index contributed by atoms with van der Waals surface area (Å²) in [7, 11) is 0. The molecule has 4 heteroatoms. The third-order valence-electron chi connectivity index (χ3n) is 2.84. The molecule has 0 saturated heterocycles. The lowest BCUT2D eigenvalue weighted by Gasteiger charge is -2.25. The molecule has 0 radical (unpaired) electrons. The van der Waals surface area contributed by atoms with Gasteiger partial charge in [0.1, 0.15) is 6.61 Å². The van der Waals surface area contributed by atoms with E-state index >= 15 is 0 Å². The summed E-state index contributed by atoms with van der Waals surface area (Å²) in [5.41, 5.74) is 1.37. The van der Waals surface area contributed by atoms with Crippen molar-refractivity contribution in [3.05, 3.63) is 29.8 Å². The van der Waals surface area contributed by atoms with Crippen molar-refractivity contribution in [2.24, 2.45) is 4.99 Å². The van der Waals surface area contributed by atoms with Crippen molar-refractivity contribution in [3.63, 3.8) is 0 Å². The molecule has 1 aromatic rings. The van der Waals surface area contributed by atoms with Gasteiger partial charge in [0.05, 0.1) is 12.6 Å². The van der Waals surface area contributed by atoms with Gasteiger partial charge in [0.2, 0.25) is 0 Å². The number of rotatable bonds is 1. The predicted molar refractivity (Wildman–Crippen MR) is 65.9 cm³/mol. The highest BCUT2D eigenvalue weighted by molar-refractivity contribution is 7.99. The molecular weight excluding hydrogens is 220 g/mol. The van der Waals surface area contributed by atoms with Crippen LogP contribution in [0.15, 0.2) is 34.2 Å². The second-order valence-electron chi connectivity index (χ2n) is 3.91. The number of fused-ring (bicyclic) bond motifs is 1. The summed E-state index contributed by atoms with van der Waals surface area (Å²) in [5, 5.41) is 3.39. The quantitative estimate of drug-likeness (QED) is 0.808. The normalized spacial score (nSPS) is 23.2. The smallest absolute Gasteiger partial charge is 0.285 e. The Morgan fingerprint density at radius 1 is 1.38 bits per heavy atom. The second-order valence-corrected chi connectivity index (χ2v) is 5.04. The van der Waals surface area contributed by atoms with Crippen LogP contribution in [0.4, 0.5) is 0 Å². The topological polar surface area (TPSA) is 33.6 Å². The maximum absolute atomic E-state index is 5.40. The van der Waals surface area contributed by atoms with E-state index in [2.05, 4.69) is 34.6 Å². The number of hydrogen-bond acceptors (Lipinski definition) is 4. The van der Waals surface area contributed by atoms with Gasteiger partial charge in [-0.05, 0) is 18.1 Å². The lowest BCUT2D eigenvalue weighted by molar-refractivity contribution is 0.324. The highest BCUT2D eigenvalue weighted by Gasteiger charge is 2.22. The van der Waals surface area contributed by atoms with E-state index in [-0.39, 0.29) is 0 Å². The van der Waals surface area contributed by atoms with Crippen LogP contribution in [0, 0.1) is 0 Å². The first-order chi connectivity index (χ1) is 7.93. The summed E-state index contributed by atoms with van der Waals surface area (Å²) in [6.45, 7) is 1.50. The Kier molecular flexibility index (Phi) is 2.74. The number of nitrogens with one attached hydrogen (secondary N) is 1.